The molecule has 0 spiro atoms. The third kappa shape index (κ3) is 6.31. The number of hydrazone groups is 1. The normalized spacial score (nSPS) is 10.6. The monoisotopic (exact) mass is 389 g/mol. The van der Waals surface area contributed by atoms with Gasteiger partial charge in [-0.15, -0.1) is 0 Å². The summed E-state index contributed by atoms with van der Waals surface area (Å²) < 4.78 is 5.27. The van der Waals surface area contributed by atoms with E-state index in [4.69, 9.17) is 16.3 Å². The summed E-state index contributed by atoms with van der Waals surface area (Å²) >= 11 is 6.00. The Balaban J connectivity index is 1.86. The Morgan fingerprint density at radius 1 is 1.22 bits per heavy atom. The molecule has 0 aliphatic carbocycles. The van der Waals surface area contributed by atoms with Crippen LogP contribution in [0.2, 0.25) is 5.02 Å². The Kier molecular flexibility index (Phi) is 7.19. The van der Waals surface area contributed by atoms with Crippen LogP contribution in [0.25, 0.3) is 0 Å². The van der Waals surface area contributed by atoms with Gasteiger partial charge in [-0.05, 0) is 55.3 Å². The molecule has 7 nitrogen and oxygen atoms in total. The molecule has 0 saturated heterocycles. The number of anilines is 1. The van der Waals surface area contributed by atoms with E-state index in [9.17, 15) is 14.7 Å². The van der Waals surface area contributed by atoms with Crippen LogP contribution in [0.4, 0.5) is 5.69 Å². The van der Waals surface area contributed by atoms with Gasteiger partial charge in [0.2, 0.25) is 11.8 Å². The minimum Gasteiger partial charge on any atom is -0.504 e. The minimum atomic E-state index is -0.564. The van der Waals surface area contributed by atoms with Crippen LogP contribution in [0.1, 0.15) is 24.5 Å². The van der Waals surface area contributed by atoms with E-state index in [-0.39, 0.29) is 12.2 Å². The van der Waals surface area contributed by atoms with E-state index in [0.29, 0.717) is 28.6 Å². The molecule has 8 heteroatoms. The highest BCUT2D eigenvalue weighted by molar-refractivity contribution is 6.31. The Bertz CT molecular complexity index is 868. The van der Waals surface area contributed by atoms with Crippen LogP contribution in [0.3, 0.4) is 0 Å². The van der Waals surface area contributed by atoms with Gasteiger partial charge in [0.1, 0.15) is 6.42 Å². The van der Waals surface area contributed by atoms with Crippen LogP contribution >= 0.6 is 11.6 Å². The fourth-order valence-corrected chi connectivity index (χ4v) is 2.30. The van der Waals surface area contributed by atoms with Crippen LogP contribution < -0.4 is 15.5 Å². The number of hydrogen-bond donors (Lipinski definition) is 3. The lowest BCUT2D eigenvalue weighted by Gasteiger charge is -2.07. The van der Waals surface area contributed by atoms with Crippen LogP contribution in [0.15, 0.2) is 41.5 Å². The van der Waals surface area contributed by atoms with Gasteiger partial charge in [0, 0.05) is 10.7 Å². The first kappa shape index (κ1) is 20.3. The van der Waals surface area contributed by atoms with Crippen molar-refractivity contribution in [1.82, 2.24) is 5.43 Å². The van der Waals surface area contributed by atoms with E-state index < -0.39 is 11.8 Å². The summed E-state index contributed by atoms with van der Waals surface area (Å²) in [4.78, 5) is 23.7. The Hall–Kier alpha value is -3.06. The highest BCUT2D eigenvalue weighted by atomic mass is 35.5. The number of carbonyl (C=O) groups is 2. The van der Waals surface area contributed by atoms with E-state index in [1.165, 1.54) is 12.3 Å². The zero-order chi connectivity index (χ0) is 19.8. The smallest absolute Gasteiger partial charge is 0.249 e. The van der Waals surface area contributed by atoms with Gasteiger partial charge in [0.15, 0.2) is 11.5 Å². The summed E-state index contributed by atoms with van der Waals surface area (Å²) in [5.41, 5.74) is 4.30. The van der Waals surface area contributed by atoms with Crippen molar-refractivity contribution in [2.24, 2.45) is 5.10 Å². The number of carbonyl (C=O) groups excluding carboxylic acids is 2. The zero-order valence-corrected chi connectivity index (χ0v) is 15.7. The number of aryl methyl sites for hydroxylation is 1. The zero-order valence-electron chi connectivity index (χ0n) is 15.0. The lowest BCUT2D eigenvalue weighted by molar-refractivity contribution is -0.126. The van der Waals surface area contributed by atoms with Crippen LogP contribution in [0, 0.1) is 6.92 Å². The summed E-state index contributed by atoms with van der Waals surface area (Å²) in [5.74, 6) is -0.702. The topological polar surface area (TPSA) is 100 Å². The Morgan fingerprint density at radius 2 is 2.00 bits per heavy atom. The number of nitrogens with one attached hydrogen (secondary N) is 2. The first-order valence-corrected chi connectivity index (χ1v) is 8.60. The summed E-state index contributed by atoms with van der Waals surface area (Å²) in [6.07, 6.45) is 1.00. The number of rotatable bonds is 7. The lowest BCUT2D eigenvalue weighted by Crippen LogP contribution is -2.24. The van der Waals surface area contributed by atoms with Gasteiger partial charge >= 0.3 is 0 Å². The van der Waals surface area contributed by atoms with Gasteiger partial charge in [-0.3, -0.25) is 9.59 Å². The molecule has 2 aromatic rings. The Morgan fingerprint density at radius 3 is 2.70 bits per heavy atom. The molecule has 0 aliphatic heterocycles. The molecule has 27 heavy (non-hydrogen) atoms. The average Bonchev–Trinajstić information content (AvgIpc) is 2.61. The van der Waals surface area contributed by atoms with Crippen molar-refractivity contribution in [3.05, 3.63) is 52.5 Å². The molecule has 0 saturated carbocycles. The maximum atomic E-state index is 11.9. The second-order valence-corrected chi connectivity index (χ2v) is 6.05. The van der Waals surface area contributed by atoms with Crippen LogP contribution in [0.5, 0.6) is 11.5 Å². The van der Waals surface area contributed by atoms with Crippen molar-refractivity contribution in [2.75, 3.05) is 11.9 Å². The SMILES string of the molecule is CCOc1cc(C=NNC(=O)CC(=O)Nc2ccc(C)c(Cl)c2)ccc1O. The van der Waals surface area contributed by atoms with E-state index in [1.807, 2.05) is 6.92 Å². The quantitative estimate of drug-likeness (QED) is 0.384. The molecule has 0 unspecified atom stereocenters. The van der Waals surface area contributed by atoms with Gasteiger partial charge in [0.05, 0.1) is 12.8 Å². The number of hydrogen-bond acceptors (Lipinski definition) is 5. The predicted molar refractivity (Wildman–Crippen MR) is 104 cm³/mol. The van der Waals surface area contributed by atoms with Crippen molar-refractivity contribution in [2.45, 2.75) is 20.3 Å². The third-order valence-electron chi connectivity index (χ3n) is 3.46. The largest absolute Gasteiger partial charge is 0.504 e. The summed E-state index contributed by atoms with van der Waals surface area (Å²) in [5, 5.41) is 16.6. The molecule has 3 N–H and O–H groups in total. The molecular weight excluding hydrogens is 370 g/mol. The van der Waals surface area contributed by atoms with E-state index in [0.717, 1.165) is 5.56 Å². The van der Waals surface area contributed by atoms with Crippen molar-refractivity contribution in [3.63, 3.8) is 0 Å². The van der Waals surface area contributed by atoms with Gasteiger partial charge in [-0.25, -0.2) is 5.43 Å². The van der Waals surface area contributed by atoms with Gasteiger partial charge in [-0.1, -0.05) is 17.7 Å². The van der Waals surface area contributed by atoms with E-state index in [2.05, 4.69) is 15.8 Å². The molecule has 0 atom stereocenters. The fraction of sp³-hybridized carbons (Fsp3) is 0.211. The number of nitrogens with zero attached hydrogens (tertiary/aromatic N) is 1. The molecule has 2 aromatic carbocycles. The van der Waals surface area contributed by atoms with Crippen molar-refractivity contribution in [3.8, 4) is 11.5 Å². The van der Waals surface area contributed by atoms with Crippen molar-refractivity contribution < 1.29 is 19.4 Å². The molecule has 0 fully saturated rings. The molecule has 0 aromatic heterocycles. The molecule has 0 heterocycles. The first-order chi connectivity index (χ1) is 12.9. The summed E-state index contributed by atoms with van der Waals surface area (Å²) in [6, 6.07) is 9.76. The number of aromatic hydroxyl groups is 1. The molecule has 2 amide bonds. The number of benzene rings is 2. The van der Waals surface area contributed by atoms with E-state index in [1.54, 1.807) is 37.3 Å². The van der Waals surface area contributed by atoms with Crippen molar-refractivity contribution in [1.29, 1.82) is 0 Å². The number of halogens is 1. The average molecular weight is 390 g/mol. The molecule has 2 rings (SSSR count). The second kappa shape index (κ2) is 9.59. The number of phenols is 1. The summed E-state index contributed by atoms with van der Waals surface area (Å²) in [7, 11) is 0. The molecular formula is C19H20ClN3O4. The molecule has 0 aliphatic rings. The van der Waals surface area contributed by atoms with Crippen molar-refractivity contribution >= 4 is 35.3 Å². The Labute approximate surface area is 162 Å². The maximum absolute atomic E-state index is 11.9. The van der Waals surface area contributed by atoms with Gasteiger partial charge in [-0.2, -0.15) is 5.10 Å². The number of ether oxygens (including phenoxy) is 1. The standard InChI is InChI=1S/C19H20ClN3O4/c1-3-27-17-8-13(5-7-16(17)24)11-21-23-19(26)10-18(25)22-14-6-4-12(2)15(20)9-14/h4-9,11,24H,3,10H2,1-2H3,(H,22,25)(H,23,26). The van der Waals surface area contributed by atoms with Gasteiger partial charge < -0.3 is 15.2 Å². The number of phenolic OH excluding ortho intramolecular Hbond substituents is 1. The number of amides is 2. The molecule has 0 bridgehead atoms. The maximum Gasteiger partial charge on any atom is 0.249 e. The highest BCUT2D eigenvalue weighted by Gasteiger charge is 2.10. The minimum absolute atomic E-state index is 0.0194. The second-order valence-electron chi connectivity index (χ2n) is 5.64. The molecule has 142 valence electrons. The molecule has 0 radical (unpaired) electrons. The third-order valence-corrected chi connectivity index (χ3v) is 3.87. The van der Waals surface area contributed by atoms with Crippen LogP contribution in [-0.2, 0) is 9.59 Å². The predicted octanol–water partition coefficient (Wildman–Crippen LogP) is 3.23. The highest BCUT2D eigenvalue weighted by Crippen LogP contribution is 2.26. The van der Waals surface area contributed by atoms with Gasteiger partial charge in [0.25, 0.3) is 0 Å². The van der Waals surface area contributed by atoms with Crippen LogP contribution in [-0.4, -0.2) is 29.7 Å². The first-order valence-electron chi connectivity index (χ1n) is 8.22. The van der Waals surface area contributed by atoms with E-state index >= 15 is 0 Å². The summed E-state index contributed by atoms with van der Waals surface area (Å²) in [6.45, 7) is 4.06. The fourth-order valence-electron chi connectivity index (χ4n) is 2.12. The lowest BCUT2D eigenvalue weighted by atomic mass is 10.2.